The molecule has 31 heavy (non-hydrogen) atoms. The van der Waals surface area contributed by atoms with Crippen LogP contribution in [0.3, 0.4) is 0 Å². The Hall–Kier alpha value is -3.35. The first-order valence-corrected chi connectivity index (χ1v) is 10.8. The summed E-state index contributed by atoms with van der Waals surface area (Å²) in [5.41, 5.74) is 2.99. The van der Waals surface area contributed by atoms with E-state index in [0.717, 1.165) is 24.2 Å². The molecule has 0 aliphatic carbocycles. The van der Waals surface area contributed by atoms with Gasteiger partial charge in [0.2, 0.25) is 5.91 Å². The third-order valence-electron chi connectivity index (χ3n) is 6.78. The summed E-state index contributed by atoms with van der Waals surface area (Å²) in [4.78, 5) is 35.2. The van der Waals surface area contributed by atoms with Gasteiger partial charge in [0.15, 0.2) is 0 Å². The SMILES string of the molecule is CN1CCN(CC(=O)N2CCC(c3ccccc3)(c3cn4ccccc4n3)CC2)C1=O. The van der Waals surface area contributed by atoms with Gasteiger partial charge >= 0.3 is 6.03 Å². The molecule has 4 heterocycles. The molecule has 7 nitrogen and oxygen atoms in total. The number of aromatic nitrogens is 2. The van der Waals surface area contributed by atoms with E-state index in [4.69, 9.17) is 4.98 Å². The Morgan fingerprint density at radius 3 is 2.42 bits per heavy atom. The number of likely N-dealkylation sites (tertiary alicyclic amines) is 1. The molecule has 7 heteroatoms. The number of piperidine rings is 1. The molecule has 1 aromatic carbocycles. The fourth-order valence-corrected chi connectivity index (χ4v) is 4.87. The number of hydrogen-bond donors (Lipinski definition) is 0. The van der Waals surface area contributed by atoms with E-state index in [2.05, 4.69) is 34.9 Å². The van der Waals surface area contributed by atoms with Crippen LogP contribution in [0.1, 0.15) is 24.1 Å². The van der Waals surface area contributed by atoms with Gasteiger partial charge in [0.1, 0.15) is 12.2 Å². The molecular formula is C24H27N5O2. The Labute approximate surface area is 181 Å². The highest BCUT2D eigenvalue weighted by Crippen LogP contribution is 2.41. The van der Waals surface area contributed by atoms with Crippen molar-refractivity contribution >= 4 is 17.6 Å². The Morgan fingerprint density at radius 2 is 1.74 bits per heavy atom. The number of urea groups is 1. The first-order valence-electron chi connectivity index (χ1n) is 10.8. The molecule has 0 saturated carbocycles. The molecule has 0 spiro atoms. The topological polar surface area (TPSA) is 61.2 Å². The monoisotopic (exact) mass is 417 g/mol. The van der Waals surface area contributed by atoms with Crippen LogP contribution in [0, 0.1) is 0 Å². The highest BCUT2D eigenvalue weighted by Gasteiger charge is 2.41. The van der Waals surface area contributed by atoms with Crippen LogP contribution in [0.4, 0.5) is 4.79 Å². The van der Waals surface area contributed by atoms with Crippen LogP contribution in [0.2, 0.25) is 0 Å². The first kappa shape index (κ1) is 19.6. The lowest BCUT2D eigenvalue weighted by molar-refractivity contribution is -0.133. The predicted molar refractivity (Wildman–Crippen MR) is 118 cm³/mol. The summed E-state index contributed by atoms with van der Waals surface area (Å²) in [6.45, 7) is 2.76. The van der Waals surface area contributed by atoms with Crippen LogP contribution in [0.15, 0.2) is 60.9 Å². The fourth-order valence-electron chi connectivity index (χ4n) is 4.87. The number of pyridine rings is 1. The van der Waals surface area contributed by atoms with E-state index < -0.39 is 0 Å². The minimum atomic E-state index is -0.228. The summed E-state index contributed by atoms with van der Waals surface area (Å²) in [6.07, 6.45) is 5.76. The molecule has 2 aliphatic rings. The molecular weight excluding hydrogens is 390 g/mol. The Balaban J connectivity index is 1.39. The van der Waals surface area contributed by atoms with Gasteiger partial charge in [0.25, 0.3) is 0 Å². The molecule has 2 fully saturated rings. The maximum absolute atomic E-state index is 12.9. The van der Waals surface area contributed by atoms with Gasteiger partial charge in [-0.1, -0.05) is 36.4 Å². The number of benzene rings is 1. The van der Waals surface area contributed by atoms with Gasteiger partial charge in [-0.25, -0.2) is 9.78 Å². The van der Waals surface area contributed by atoms with E-state index in [-0.39, 0.29) is 23.9 Å². The number of fused-ring (bicyclic) bond motifs is 1. The number of amides is 3. The van der Waals surface area contributed by atoms with E-state index in [1.807, 2.05) is 35.4 Å². The zero-order valence-corrected chi connectivity index (χ0v) is 17.8. The smallest absolute Gasteiger partial charge is 0.320 e. The van der Waals surface area contributed by atoms with Gasteiger partial charge < -0.3 is 19.1 Å². The zero-order valence-electron chi connectivity index (χ0n) is 17.8. The highest BCUT2D eigenvalue weighted by molar-refractivity contribution is 5.85. The predicted octanol–water partition coefficient (Wildman–Crippen LogP) is 2.61. The van der Waals surface area contributed by atoms with Crippen LogP contribution in [-0.4, -0.2) is 75.8 Å². The van der Waals surface area contributed by atoms with Gasteiger partial charge in [0.05, 0.1) is 5.69 Å². The second-order valence-electron chi connectivity index (χ2n) is 8.55. The molecule has 0 unspecified atom stereocenters. The van der Waals surface area contributed by atoms with Gasteiger partial charge in [-0.3, -0.25) is 4.79 Å². The molecule has 0 radical (unpaired) electrons. The normalized spacial score (nSPS) is 18.7. The maximum atomic E-state index is 12.9. The van der Waals surface area contributed by atoms with E-state index in [1.54, 1.807) is 16.8 Å². The third-order valence-corrected chi connectivity index (χ3v) is 6.78. The van der Waals surface area contributed by atoms with Crippen LogP contribution in [0.25, 0.3) is 5.65 Å². The maximum Gasteiger partial charge on any atom is 0.320 e. The van der Waals surface area contributed by atoms with Crippen molar-refractivity contribution in [1.82, 2.24) is 24.1 Å². The van der Waals surface area contributed by atoms with Crippen molar-refractivity contribution in [3.8, 4) is 0 Å². The first-order chi connectivity index (χ1) is 15.1. The van der Waals surface area contributed by atoms with Crippen LogP contribution < -0.4 is 0 Å². The molecule has 2 aliphatic heterocycles. The van der Waals surface area contributed by atoms with Crippen LogP contribution in [-0.2, 0) is 10.2 Å². The summed E-state index contributed by atoms with van der Waals surface area (Å²) in [5, 5.41) is 0. The summed E-state index contributed by atoms with van der Waals surface area (Å²) < 4.78 is 2.06. The lowest BCUT2D eigenvalue weighted by atomic mass is 9.70. The summed E-state index contributed by atoms with van der Waals surface area (Å²) in [6, 6.07) is 16.5. The lowest BCUT2D eigenvalue weighted by Crippen LogP contribution is -2.49. The van der Waals surface area contributed by atoms with Crippen molar-refractivity contribution in [2.75, 3.05) is 39.8 Å². The van der Waals surface area contributed by atoms with E-state index in [9.17, 15) is 9.59 Å². The average Bonchev–Trinajstić information content (AvgIpc) is 3.39. The second-order valence-corrected chi connectivity index (χ2v) is 8.55. The summed E-state index contributed by atoms with van der Waals surface area (Å²) >= 11 is 0. The number of nitrogens with zero attached hydrogens (tertiary/aromatic N) is 5. The van der Waals surface area contributed by atoms with Crippen molar-refractivity contribution in [2.45, 2.75) is 18.3 Å². The van der Waals surface area contributed by atoms with Crippen molar-refractivity contribution in [3.63, 3.8) is 0 Å². The molecule has 0 atom stereocenters. The van der Waals surface area contributed by atoms with Gasteiger partial charge in [-0.05, 0) is 30.5 Å². The number of hydrogen-bond acceptors (Lipinski definition) is 3. The average molecular weight is 418 g/mol. The Bertz CT molecular complexity index is 1070. The number of imidazole rings is 1. The molecule has 2 aromatic heterocycles. The molecule has 160 valence electrons. The van der Waals surface area contributed by atoms with Crippen LogP contribution >= 0.6 is 0 Å². The van der Waals surface area contributed by atoms with Crippen molar-refractivity contribution in [1.29, 1.82) is 0 Å². The number of carbonyl (C=O) groups excluding carboxylic acids is 2. The largest absolute Gasteiger partial charge is 0.341 e. The minimum absolute atomic E-state index is 0.0281. The van der Waals surface area contributed by atoms with Gasteiger partial charge in [0, 0.05) is 51.0 Å². The summed E-state index contributed by atoms with van der Waals surface area (Å²) in [7, 11) is 1.77. The Morgan fingerprint density at radius 1 is 1.00 bits per heavy atom. The molecule has 2 saturated heterocycles. The van der Waals surface area contributed by atoms with Crippen molar-refractivity contribution in [3.05, 3.63) is 72.2 Å². The number of carbonyl (C=O) groups is 2. The fraction of sp³-hybridized carbons (Fsp3) is 0.375. The second kappa shape index (κ2) is 7.72. The standard InChI is InChI=1S/C24H27N5O2/c1-26-15-16-29(23(26)31)18-22(30)27-13-10-24(11-14-27,19-7-3-2-4-8-19)20-17-28-12-6-5-9-21(28)25-20/h2-9,12,17H,10-11,13-16,18H2,1H3. The molecule has 0 N–H and O–H groups in total. The molecule has 3 amide bonds. The van der Waals surface area contributed by atoms with Crippen molar-refractivity contribution in [2.24, 2.45) is 0 Å². The summed E-state index contributed by atoms with van der Waals surface area (Å²) in [5.74, 6) is 0.0281. The zero-order chi connectivity index (χ0) is 21.4. The quantitative estimate of drug-likeness (QED) is 0.656. The molecule has 5 rings (SSSR count). The third kappa shape index (κ3) is 3.44. The highest BCUT2D eigenvalue weighted by atomic mass is 16.2. The Kier molecular flexibility index (Phi) is 4.88. The van der Waals surface area contributed by atoms with E-state index in [0.29, 0.717) is 26.2 Å². The minimum Gasteiger partial charge on any atom is -0.341 e. The van der Waals surface area contributed by atoms with E-state index in [1.165, 1.54) is 5.56 Å². The molecule has 0 bridgehead atoms. The van der Waals surface area contributed by atoms with Gasteiger partial charge in [-0.15, -0.1) is 0 Å². The van der Waals surface area contributed by atoms with Gasteiger partial charge in [-0.2, -0.15) is 0 Å². The van der Waals surface area contributed by atoms with Crippen LogP contribution in [0.5, 0.6) is 0 Å². The number of likely N-dealkylation sites (N-methyl/N-ethyl adjacent to an activating group) is 1. The number of rotatable bonds is 4. The van der Waals surface area contributed by atoms with E-state index >= 15 is 0 Å². The molecule has 3 aromatic rings. The van der Waals surface area contributed by atoms with Crippen molar-refractivity contribution < 1.29 is 9.59 Å². The lowest BCUT2D eigenvalue weighted by Gasteiger charge is -2.41.